The number of hydrogen-bond acceptors (Lipinski definition) is 8. The fourth-order valence-corrected chi connectivity index (χ4v) is 4.06. The molecular formula is C17H18N6O2S2. The molecule has 8 nitrogen and oxygen atoms in total. The molecule has 140 valence electrons. The predicted octanol–water partition coefficient (Wildman–Crippen LogP) is 3.24. The number of hydrogen-bond donors (Lipinski definition) is 2. The normalized spacial score (nSPS) is 10.6. The van der Waals surface area contributed by atoms with Crippen LogP contribution in [0.5, 0.6) is 0 Å². The second-order valence-electron chi connectivity index (χ2n) is 5.67. The average Bonchev–Trinajstić information content (AvgIpc) is 3.38. The third-order valence-corrected chi connectivity index (χ3v) is 6.11. The van der Waals surface area contributed by atoms with Gasteiger partial charge >= 0.3 is 0 Å². The lowest BCUT2D eigenvalue weighted by Crippen LogP contribution is -2.18. The van der Waals surface area contributed by atoms with Crippen LogP contribution in [-0.4, -0.2) is 33.5 Å². The Morgan fingerprint density at radius 2 is 2.26 bits per heavy atom. The summed E-state index contributed by atoms with van der Waals surface area (Å²) in [6.07, 6.45) is 1.60. The Kier molecular flexibility index (Phi) is 5.83. The number of rotatable bonds is 7. The smallest absolute Gasteiger partial charge is 0.235 e. The first-order valence-electron chi connectivity index (χ1n) is 8.09. The topological polar surface area (TPSA) is 109 Å². The van der Waals surface area contributed by atoms with Crippen LogP contribution >= 0.6 is 23.1 Å². The molecule has 0 radical (unpaired) electrons. The number of furan rings is 1. The Morgan fingerprint density at radius 1 is 1.44 bits per heavy atom. The number of aromatic nitrogens is 3. The summed E-state index contributed by atoms with van der Waals surface area (Å²) in [6.45, 7) is 4.23. The molecule has 0 saturated carbocycles. The van der Waals surface area contributed by atoms with Gasteiger partial charge < -0.3 is 19.6 Å². The molecule has 0 spiro atoms. The van der Waals surface area contributed by atoms with Gasteiger partial charge in [0.1, 0.15) is 17.6 Å². The van der Waals surface area contributed by atoms with Gasteiger partial charge in [-0.3, -0.25) is 4.79 Å². The molecule has 0 saturated heterocycles. The van der Waals surface area contributed by atoms with E-state index in [1.165, 1.54) is 23.1 Å². The first kappa shape index (κ1) is 19.0. The fourth-order valence-electron chi connectivity index (χ4n) is 2.55. The first-order valence-corrected chi connectivity index (χ1v) is 9.89. The van der Waals surface area contributed by atoms with E-state index < -0.39 is 0 Å². The first-order chi connectivity index (χ1) is 13.0. The second-order valence-corrected chi connectivity index (χ2v) is 7.87. The SMILES string of the molecule is CNc1nnc(SCC(=O)Nc2c(C#N)c(C)c(C)n2Cc2ccco2)s1. The molecule has 10 heteroatoms. The molecule has 2 N–H and O–H groups in total. The van der Waals surface area contributed by atoms with Gasteiger partial charge in [-0.2, -0.15) is 5.26 Å². The van der Waals surface area contributed by atoms with Crippen LogP contribution in [0.15, 0.2) is 27.2 Å². The molecule has 0 aliphatic heterocycles. The van der Waals surface area contributed by atoms with E-state index in [1.807, 2.05) is 30.5 Å². The van der Waals surface area contributed by atoms with Gasteiger partial charge in [-0.25, -0.2) is 0 Å². The molecule has 27 heavy (non-hydrogen) atoms. The molecule has 0 fully saturated rings. The Morgan fingerprint density at radius 3 is 2.89 bits per heavy atom. The summed E-state index contributed by atoms with van der Waals surface area (Å²) in [6, 6.07) is 5.86. The van der Waals surface area contributed by atoms with Crippen LogP contribution in [0.3, 0.4) is 0 Å². The summed E-state index contributed by atoms with van der Waals surface area (Å²) in [4.78, 5) is 12.5. The molecule has 0 aliphatic carbocycles. The number of carbonyl (C=O) groups is 1. The van der Waals surface area contributed by atoms with Crippen molar-refractivity contribution < 1.29 is 9.21 Å². The van der Waals surface area contributed by atoms with Crippen molar-refractivity contribution in [1.82, 2.24) is 14.8 Å². The highest BCUT2D eigenvalue weighted by Crippen LogP contribution is 2.29. The van der Waals surface area contributed by atoms with Crippen molar-refractivity contribution in [2.24, 2.45) is 0 Å². The minimum absolute atomic E-state index is 0.174. The number of nitrogens with one attached hydrogen (secondary N) is 2. The standard InChI is InChI=1S/C17H18N6O2S2/c1-10-11(2)23(8-12-5-4-6-25-12)15(13(10)7-18)20-14(24)9-26-17-22-21-16(19-3)27-17/h4-6H,8-9H2,1-3H3,(H,19,21)(H,20,24). The zero-order valence-electron chi connectivity index (χ0n) is 15.1. The quantitative estimate of drug-likeness (QED) is 0.584. The van der Waals surface area contributed by atoms with Crippen molar-refractivity contribution in [1.29, 1.82) is 5.26 Å². The maximum Gasteiger partial charge on any atom is 0.235 e. The van der Waals surface area contributed by atoms with Crippen molar-refractivity contribution in [2.45, 2.75) is 24.7 Å². The minimum Gasteiger partial charge on any atom is -0.467 e. The van der Waals surface area contributed by atoms with E-state index in [2.05, 4.69) is 26.9 Å². The van der Waals surface area contributed by atoms with Crippen LogP contribution in [0.1, 0.15) is 22.6 Å². The molecule has 0 unspecified atom stereocenters. The molecule has 0 aliphatic rings. The van der Waals surface area contributed by atoms with E-state index in [0.717, 1.165) is 17.0 Å². The van der Waals surface area contributed by atoms with Gasteiger partial charge in [-0.1, -0.05) is 23.1 Å². The highest BCUT2D eigenvalue weighted by molar-refractivity contribution is 8.01. The van der Waals surface area contributed by atoms with E-state index in [1.54, 1.807) is 13.3 Å². The number of thioether (sulfide) groups is 1. The lowest BCUT2D eigenvalue weighted by atomic mass is 10.2. The summed E-state index contributed by atoms with van der Waals surface area (Å²) in [7, 11) is 1.77. The van der Waals surface area contributed by atoms with Crippen molar-refractivity contribution >= 4 is 40.0 Å². The predicted molar refractivity (Wildman–Crippen MR) is 105 cm³/mol. The van der Waals surface area contributed by atoms with E-state index in [0.29, 0.717) is 27.4 Å². The van der Waals surface area contributed by atoms with Crippen LogP contribution in [0.25, 0.3) is 0 Å². The average molecular weight is 403 g/mol. The van der Waals surface area contributed by atoms with E-state index in [9.17, 15) is 10.1 Å². The van der Waals surface area contributed by atoms with Crippen LogP contribution in [-0.2, 0) is 11.3 Å². The monoisotopic (exact) mass is 402 g/mol. The van der Waals surface area contributed by atoms with E-state index >= 15 is 0 Å². The molecule has 3 rings (SSSR count). The summed E-state index contributed by atoms with van der Waals surface area (Å²) in [5, 5.41) is 24.0. The van der Waals surface area contributed by atoms with Crippen molar-refractivity contribution in [3.05, 3.63) is 41.0 Å². The highest BCUT2D eigenvalue weighted by atomic mass is 32.2. The fraction of sp³-hybridized carbons (Fsp3) is 0.294. The van der Waals surface area contributed by atoms with Gasteiger partial charge in [0, 0.05) is 12.7 Å². The molecule has 3 aromatic heterocycles. The second kappa shape index (κ2) is 8.28. The number of anilines is 2. The number of nitriles is 1. The van der Waals surface area contributed by atoms with Crippen LogP contribution in [0.4, 0.5) is 10.9 Å². The van der Waals surface area contributed by atoms with Crippen LogP contribution in [0, 0.1) is 25.2 Å². The molecule has 3 aromatic rings. The summed E-state index contributed by atoms with van der Waals surface area (Å²) in [5.74, 6) is 1.20. The Hall–Kier alpha value is -2.77. The van der Waals surface area contributed by atoms with Crippen molar-refractivity contribution in [2.75, 3.05) is 23.4 Å². The number of nitrogens with zero attached hydrogens (tertiary/aromatic N) is 4. The number of amides is 1. The van der Waals surface area contributed by atoms with E-state index in [4.69, 9.17) is 4.42 Å². The molecule has 3 heterocycles. The number of carbonyl (C=O) groups excluding carboxylic acids is 1. The van der Waals surface area contributed by atoms with Gasteiger partial charge in [0.25, 0.3) is 0 Å². The Balaban J connectivity index is 1.77. The van der Waals surface area contributed by atoms with Crippen LogP contribution < -0.4 is 10.6 Å². The zero-order chi connectivity index (χ0) is 19.4. The Bertz CT molecular complexity index is 984. The lowest BCUT2D eigenvalue weighted by Gasteiger charge is -2.11. The minimum atomic E-state index is -0.212. The zero-order valence-corrected chi connectivity index (χ0v) is 16.7. The largest absolute Gasteiger partial charge is 0.467 e. The van der Waals surface area contributed by atoms with Gasteiger partial charge in [0.15, 0.2) is 4.34 Å². The van der Waals surface area contributed by atoms with Gasteiger partial charge in [-0.05, 0) is 31.5 Å². The maximum atomic E-state index is 12.5. The Labute approximate surface area is 164 Å². The van der Waals surface area contributed by atoms with Crippen molar-refractivity contribution in [3.8, 4) is 6.07 Å². The summed E-state index contributed by atoms with van der Waals surface area (Å²) in [5.41, 5.74) is 2.22. The highest BCUT2D eigenvalue weighted by Gasteiger charge is 2.20. The summed E-state index contributed by atoms with van der Waals surface area (Å²) >= 11 is 2.68. The van der Waals surface area contributed by atoms with Gasteiger partial charge in [0.2, 0.25) is 11.0 Å². The molecule has 1 amide bonds. The van der Waals surface area contributed by atoms with Crippen molar-refractivity contribution in [3.63, 3.8) is 0 Å². The third kappa shape index (κ3) is 4.15. The van der Waals surface area contributed by atoms with E-state index in [-0.39, 0.29) is 11.7 Å². The molecular weight excluding hydrogens is 384 g/mol. The third-order valence-electron chi connectivity index (χ3n) is 4.04. The molecule has 0 bridgehead atoms. The lowest BCUT2D eigenvalue weighted by molar-refractivity contribution is -0.113. The molecule has 0 atom stereocenters. The van der Waals surface area contributed by atoms with Gasteiger partial charge in [0.05, 0.1) is 24.1 Å². The maximum absolute atomic E-state index is 12.5. The van der Waals surface area contributed by atoms with Crippen LogP contribution in [0.2, 0.25) is 0 Å². The summed E-state index contributed by atoms with van der Waals surface area (Å²) < 4.78 is 8.00. The van der Waals surface area contributed by atoms with Gasteiger partial charge in [-0.15, -0.1) is 10.2 Å². The molecule has 0 aromatic carbocycles.